The van der Waals surface area contributed by atoms with Gasteiger partial charge in [-0.25, -0.2) is 4.79 Å². The minimum absolute atomic E-state index is 0.186. The molecule has 0 bridgehead atoms. The SMILES string of the molecule is O=C1CC[C@H](C(=O)N[C@H](C(=O)O)C2c3ccccc3-c3ccccc32)N1. The largest absolute Gasteiger partial charge is 0.480 e. The molecule has 1 fully saturated rings. The molecule has 1 heterocycles. The molecule has 2 aromatic carbocycles. The van der Waals surface area contributed by atoms with Crippen molar-refractivity contribution < 1.29 is 19.5 Å². The van der Waals surface area contributed by atoms with Crippen LogP contribution in [0.15, 0.2) is 48.5 Å². The molecule has 6 nitrogen and oxygen atoms in total. The van der Waals surface area contributed by atoms with Gasteiger partial charge in [-0.15, -0.1) is 0 Å². The van der Waals surface area contributed by atoms with Crippen molar-refractivity contribution in [3.63, 3.8) is 0 Å². The van der Waals surface area contributed by atoms with Crippen LogP contribution >= 0.6 is 0 Å². The van der Waals surface area contributed by atoms with Crippen LogP contribution < -0.4 is 10.6 Å². The number of fused-ring (bicyclic) bond motifs is 3. The monoisotopic (exact) mass is 350 g/mol. The number of hydrogen-bond donors (Lipinski definition) is 3. The molecule has 26 heavy (non-hydrogen) atoms. The number of amides is 2. The van der Waals surface area contributed by atoms with Gasteiger partial charge in [0.25, 0.3) is 0 Å². The van der Waals surface area contributed by atoms with E-state index in [2.05, 4.69) is 10.6 Å². The van der Waals surface area contributed by atoms with Crippen molar-refractivity contribution in [2.45, 2.75) is 30.8 Å². The summed E-state index contributed by atoms with van der Waals surface area (Å²) in [6.45, 7) is 0. The van der Waals surface area contributed by atoms with Crippen LogP contribution in [0.1, 0.15) is 29.9 Å². The van der Waals surface area contributed by atoms with Crippen LogP contribution in [0.25, 0.3) is 11.1 Å². The molecule has 4 rings (SSSR count). The van der Waals surface area contributed by atoms with E-state index >= 15 is 0 Å². The maximum Gasteiger partial charge on any atom is 0.327 e. The number of benzene rings is 2. The summed E-state index contributed by atoms with van der Waals surface area (Å²) in [7, 11) is 0. The van der Waals surface area contributed by atoms with E-state index in [0.717, 1.165) is 22.3 Å². The lowest BCUT2D eigenvalue weighted by molar-refractivity contribution is -0.142. The van der Waals surface area contributed by atoms with Gasteiger partial charge in [-0.05, 0) is 28.7 Å². The van der Waals surface area contributed by atoms with Gasteiger partial charge in [-0.3, -0.25) is 9.59 Å². The van der Waals surface area contributed by atoms with Gasteiger partial charge >= 0.3 is 5.97 Å². The fourth-order valence-electron chi connectivity index (χ4n) is 3.91. The number of nitrogens with one attached hydrogen (secondary N) is 2. The van der Waals surface area contributed by atoms with Gasteiger partial charge in [0.15, 0.2) is 0 Å². The van der Waals surface area contributed by atoms with Gasteiger partial charge in [0.1, 0.15) is 12.1 Å². The molecule has 1 aliphatic carbocycles. The van der Waals surface area contributed by atoms with Crippen LogP contribution in [-0.4, -0.2) is 35.0 Å². The first-order valence-electron chi connectivity index (χ1n) is 8.57. The number of carbonyl (C=O) groups is 3. The standard InChI is InChI=1S/C20H18N2O4/c23-16-10-9-15(21-16)19(24)22-18(20(25)26)17-13-7-3-1-5-11(13)12-6-2-4-8-14(12)17/h1-8,15,17-18H,9-10H2,(H,21,23)(H,22,24)(H,25,26)/t15-,18+/m1/s1. The van der Waals surface area contributed by atoms with Crippen LogP contribution in [0.3, 0.4) is 0 Å². The van der Waals surface area contributed by atoms with Crippen molar-refractivity contribution in [1.29, 1.82) is 0 Å². The normalized spacial score (nSPS) is 19.4. The lowest BCUT2D eigenvalue weighted by Gasteiger charge is -2.24. The van der Waals surface area contributed by atoms with E-state index in [1.165, 1.54) is 0 Å². The van der Waals surface area contributed by atoms with Gasteiger partial charge in [-0.2, -0.15) is 0 Å². The summed E-state index contributed by atoms with van der Waals surface area (Å²) >= 11 is 0. The number of hydrogen-bond acceptors (Lipinski definition) is 3. The molecule has 3 N–H and O–H groups in total. The highest BCUT2D eigenvalue weighted by Crippen LogP contribution is 2.46. The minimum Gasteiger partial charge on any atom is -0.480 e. The Morgan fingerprint density at radius 2 is 1.62 bits per heavy atom. The molecule has 0 radical (unpaired) electrons. The maximum atomic E-state index is 12.5. The predicted octanol–water partition coefficient (Wildman–Crippen LogP) is 1.65. The van der Waals surface area contributed by atoms with E-state index in [1.54, 1.807) is 0 Å². The average Bonchev–Trinajstić information content (AvgIpc) is 3.21. The number of rotatable bonds is 4. The summed E-state index contributed by atoms with van der Waals surface area (Å²) < 4.78 is 0. The van der Waals surface area contributed by atoms with Gasteiger partial charge in [0.2, 0.25) is 11.8 Å². The summed E-state index contributed by atoms with van der Waals surface area (Å²) in [4.78, 5) is 35.9. The lowest BCUT2D eigenvalue weighted by Crippen LogP contribution is -2.51. The van der Waals surface area contributed by atoms with E-state index in [4.69, 9.17) is 0 Å². The van der Waals surface area contributed by atoms with Crippen LogP contribution in [0.4, 0.5) is 0 Å². The van der Waals surface area contributed by atoms with Gasteiger partial charge < -0.3 is 15.7 Å². The first-order chi connectivity index (χ1) is 12.6. The zero-order chi connectivity index (χ0) is 18.3. The average molecular weight is 350 g/mol. The van der Waals surface area contributed by atoms with E-state index in [-0.39, 0.29) is 12.3 Å². The van der Waals surface area contributed by atoms with Crippen molar-refractivity contribution >= 4 is 17.8 Å². The molecule has 1 aliphatic heterocycles. The second-order valence-electron chi connectivity index (χ2n) is 6.64. The molecule has 2 aromatic rings. The molecule has 0 unspecified atom stereocenters. The lowest BCUT2D eigenvalue weighted by atomic mass is 9.89. The Hall–Kier alpha value is -3.15. The van der Waals surface area contributed by atoms with E-state index in [0.29, 0.717) is 6.42 Å². The highest BCUT2D eigenvalue weighted by Gasteiger charge is 2.40. The molecule has 0 spiro atoms. The number of carbonyl (C=O) groups excluding carboxylic acids is 2. The molecule has 2 aliphatic rings. The summed E-state index contributed by atoms with van der Waals surface area (Å²) in [6, 6.07) is 13.5. The third-order valence-corrected chi connectivity index (χ3v) is 5.09. The Balaban J connectivity index is 1.70. The quantitative estimate of drug-likeness (QED) is 0.781. The van der Waals surface area contributed by atoms with E-state index < -0.39 is 29.9 Å². The van der Waals surface area contributed by atoms with E-state index in [9.17, 15) is 19.5 Å². The van der Waals surface area contributed by atoms with Gasteiger partial charge in [0, 0.05) is 12.3 Å². The number of aliphatic carboxylic acids is 1. The second kappa shape index (κ2) is 6.29. The first kappa shape index (κ1) is 16.3. The fraction of sp³-hybridized carbons (Fsp3) is 0.250. The van der Waals surface area contributed by atoms with Crippen molar-refractivity contribution in [3.05, 3.63) is 59.7 Å². The molecular weight excluding hydrogens is 332 g/mol. The topological polar surface area (TPSA) is 95.5 Å². The van der Waals surface area contributed by atoms with E-state index in [1.807, 2.05) is 48.5 Å². The Labute approximate surface area is 150 Å². The zero-order valence-corrected chi connectivity index (χ0v) is 13.9. The summed E-state index contributed by atoms with van der Waals surface area (Å²) in [5.41, 5.74) is 3.75. The maximum absolute atomic E-state index is 12.5. The molecule has 6 heteroatoms. The van der Waals surface area contributed by atoms with Gasteiger partial charge in [0.05, 0.1) is 0 Å². The van der Waals surface area contributed by atoms with Crippen molar-refractivity contribution in [3.8, 4) is 11.1 Å². The van der Waals surface area contributed by atoms with Gasteiger partial charge in [-0.1, -0.05) is 48.5 Å². The molecule has 132 valence electrons. The predicted molar refractivity (Wildman–Crippen MR) is 94.5 cm³/mol. The molecule has 0 aromatic heterocycles. The Kier molecular flexibility index (Phi) is 3.95. The number of carboxylic acid groups (broad SMARTS) is 1. The van der Waals surface area contributed by atoms with Crippen LogP contribution in [0.5, 0.6) is 0 Å². The first-order valence-corrected chi connectivity index (χ1v) is 8.57. The van der Waals surface area contributed by atoms with Crippen molar-refractivity contribution in [1.82, 2.24) is 10.6 Å². The third kappa shape index (κ3) is 2.63. The smallest absolute Gasteiger partial charge is 0.327 e. The molecule has 0 saturated carbocycles. The summed E-state index contributed by atoms with van der Waals surface area (Å²) in [5.74, 6) is -2.21. The molecule has 2 atom stereocenters. The Morgan fingerprint density at radius 1 is 1.04 bits per heavy atom. The second-order valence-corrected chi connectivity index (χ2v) is 6.64. The summed E-state index contributed by atoms with van der Waals surface area (Å²) in [6.07, 6.45) is 0.666. The molecule has 1 saturated heterocycles. The molecule has 2 amide bonds. The minimum atomic E-state index is -1.11. The molecular formula is C20H18N2O4. The van der Waals surface area contributed by atoms with Crippen LogP contribution in [0.2, 0.25) is 0 Å². The zero-order valence-electron chi connectivity index (χ0n) is 13.9. The Bertz CT molecular complexity index is 863. The fourth-order valence-corrected chi connectivity index (χ4v) is 3.91. The van der Waals surface area contributed by atoms with Crippen LogP contribution in [0, 0.1) is 0 Å². The highest BCUT2D eigenvalue weighted by atomic mass is 16.4. The van der Waals surface area contributed by atoms with Crippen LogP contribution in [-0.2, 0) is 14.4 Å². The van der Waals surface area contributed by atoms with Crippen molar-refractivity contribution in [2.75, 3.05) is 0 Å². The van der Waals surface area contributed by atoms with Crippen molar-refractivity contribution in [2.24, 2.45) is 0 Å². The Morgan fingerprint density at radius 3 is 2.12 bits per heavy atom. The number of carboxylic acids is 1. The summed E-state index contributed by atoms with van der Waals surface area (Å²) in [5, 5.41) is 15.1. The highest BCUT2D eigenvalue weighted by molar-refractivity contribution is 5.94. The third-order valence-electron chi connectivity index (χ3n) is 5.09.